The highest BCUT2D eigenvalue weighted by Gasteiger charge is 2.25. The molecule has 0 fully saturated rings. The maximum Gasteiger partial charge on any atom is 0.333 e. The Labute approximate surface area is 195 Å². The molecule has 0 saturated carbocycles. The lowest BCUT2D eigenvalue weighted by atomic mass is 10.1. The van der Waals surface area contributed by atoms with Gasteiger partial charge in [0.25, 0.3) is 11.8 Å². The van der Waals surface area contributed by atoms with E-state index >= 15 is 0 Å². The number of amides is 2. The van der Waals surface area contributed by atoms with Crippen molar-refractivity contribution in [3.05, 3.63) is 96.1 Å². The summed E-state index contributed by atoms with van der Waals surface area (Å²) in [5.41, 5.74) is 1.46. The fraction of sp³-hybridized carbons (Fsp3) is 0.120. The van der Waals surface area contributed by atoms with Gasteiger partial charge in [0.1, 0.15) is 0 Å². The van der Waals surface area contributed by atoms with Crippen LogP contribution in [0.5, 0.6) is 0 Å². The zero-order chi connectivity index (χ0) is 23.5. The molecule has 0 aliphatic carbocycles. The number of ether oxygens (including phenoxy) is 1. The minimum Gasteiger partial charge on any atom is -0.454 e. The molecule has 7 nitrogen and oxygen atoms in total. The molecule has 166 valence electrons. The maximum absolute atomic E-state index is 12.8. The highest BCUT2D eigenvalue weighted by molar-refractivity contribution is 7.99. The number of rotatable bonds is 9. The van der Waals surface area contributed by atoms with Gasteiger partial charge in [-0.1, -0.05) is 60.7 Å². The monoisotopic (exact) mass is 459 g/mol. The fourth-order valence-electron chi connectivity index (χ4n) is 2.94. The number of hydrogen-bond acceptors (Lipinski definition) is 6. The van der Waals surface area contributed by atoms with Crippen molar-refractivity contribution in [1.82, 2.24) is 5.32 Å². The molecule has 1 atom stereocenters. The fourth-order valence-corrected chi connectivity index (χ4v) is 3.61. The van der Waals surface area contributed by atoms with Crippen molar-refractivity contribution in [3.63, 3.8) is 0 Å². The largest absolute Gasteiger partial charge is 0.454 e. The van der Waals surface area contributed by atoms with Gasteiger partial charge in [-0.25, -0.2) is 4.79 Å². The third kappa shape index (κ3) is 6.95. The summed E-state index contributed by atoms with van der Waals surface area (Å²) in [6, 6.07) is 25.2. The highest BCUT2D eigenvalue weighted by Crippen LogP contribution is 2.26. The third-order valence-electron chi connectivity index (χ3n) is 4.48. The second kappa shape index (κ2) is 12.1. The first-order chi connectivity index (χ1) is 16.1. The van der Waals surface area contributed by atoms with Crippen LogP contribution in [-0.2, 0) is 14.3 Å². The number of esters is 1. The Morgan fingerprint density at radius 1 is 0.909 bits per heavy atom. The second-order valence-electron chi connectivity index (χ2n) is 6.78. The lowest BCUT2D eigenvalue weighted by Crippen LogP contribution is -2.36. The van der Waals surface area contributed by atoms with E-state index in [1.807, 2.05) is 6.07 Å². The summed E-state index contributed by atoms with van der Waals surface area (Å²) in [5, 5.41) is 14.1. The maximum atomic E-state index is 12.8. The number of thioether (sulfide) groups is 1. The molecule has 3 aromatic carbocycles. The molecule has 0 aliphatic heterocycles. The van der Waals surface area contributed by atoms with Crippen LogP contribution in [0, 0.1) is 11.3 Å². The SMILES string of the molecule is N#CCSc1ccccc1NC(=O)COC(=O)C(NC(=O)c1ccccc1)c1ccccc1. The van der Waals surface area contributed by atoms with Gasteiger partial charge in [-0.3, -0.25) is 9.59 Å². The average Bonchev–Trinajstić information content (AvgIpc) is 2.86. The average molecular weight is 460 g/mol. The number of anilines is 1. The molecule has 3 rings (SSSR count). The van der Waals surface area contributed by atoms with E-state index in [1.54, 1.807) is 84.9 Å². The molecule has 0 bridgehead atoms. The van der Waals surface area contributed by atoms with E-state index in [-0.39, 0.29) is 5.75 Å². The van der Waals surface area contributed by atoms with Crippen molar-refractivity contribution in [3.8, 4) is 6.07 Å². The second-order valence-corrected chi connectivity index (χ2v) is 7.80. The Kier molecular flexibility index (Phi) is 8.63. The number of nitrogens with zero attached hydrogens (tertiary/aromatic N) is 1. The van der Waals surface area contributed by atoms with Gasteiger partial charge in [0.15, 0.2) is 12.6 Å². The quantitative estimate of drug-likeness (QED) is 0.370. The number of hydrogen-bond donors (Lipinski definition) is 2. The Bertz CT molecular complexity index is 1150. The third-order valence-corrected chi connectivity index (χ3v) is 5.42. The minimum absolute atomic E-state index is 0.238. The number of carbonyl (C=O) groups excluding carboxylic acids is 3. The van der Waals surface area contributed by atoms with Gasteiger partial charge in [0.2, 0.25) is 0 Å². The molecule has 0 aromatic heterocycles. The van der Waals surface area contributed by atoms with Gasteiger partial charge < -0.3 is 15.4 Å². The zero-order valence-corrected chi connectivity index (χ0v) is 18.4. The first-order valence-electron chi connectivity index (χ1n) is 10.0. The van der Waals surface area contributed by atoms with Crippen molar-refractivity contribution in [2.24, 2.45) is 0 Å². The van der Waals surface area contributed by atoms with E-state index in [9.17, 15) is 14.4 Å². The number of benzene rings is 3. The molecule has 2 N–H and O–H groups in total. The van der Waals surface area contributed by atoms with Crippen LogP contribution in [-0.4, -0.2) is 30.1 Å². The van der Waals surface area contributed by atoms with Crippen LogP contribution >= 0.6 is 11.8 Å². The predicted molar refractivity (Wildman–Crippen MR) is 125 cm³/mol. The van der Waals surface area contributed by atoms with E-state index in [0.29, 0.717) is 16.8 Å². The molecular weight excluding hydrogens is 438 g/mol. The molecular formula is C25H21N3O4S. The van der Waals surface area contributed by atoms with Gasteiger partial charge in [0, 0.05) is 10.5 Å². The number of carbonyl (C=O) groups is 3. The van der Waals surface area contributed by atoms with Crippen LogP contribution in [0.15, 0.2) is 89.8 Å². The summed E-state index contributed by atoms with van der Waals surface area (Å²) in [5.74, 6) is -1.49. The van der Waals surface area contributed by atoms with Crippen molar-refractivity contribution >= 4 is 35.2 Å². The van der Waals surface area contributed by atoms with E-state index in [4.69, 9.17) is 10.00 Å². The zero-order valence-electron chi connectivity index (χ0n) is 17.6. The lowest BCUT2D eigenvalue weighted by molar-refractivity contribution is -0.149. The molecule has 0 aliphatic rings. The van der Waals surface area contributed by atoms with Crippen molar-refractivity contribution in [2.75, 3.05) is 17.7 Å². The van der Waals surface area contributed by atoms with Gasteiger partial charge >= 0.3 is 5.97 Å². The molecule has 8 heteroatoms. The standard InChI is InChI=1S/C25H21N3O4S/c26-15-16-33-21-14-8-7-13-20(21)27-22(29)17-32-25(31)23(18-9-3-1-4-10-18)28-24(30)19-11-5-2-6-12-19/h1-14,23H,16-17H2,(H,27,29)(H,28,30). The Morgan fingerprint density at radius 2 is 1.55 bits per heavy atom. The smallest absolute Gasteiger partial charge is 0.333 e. The summed E-state index contributed by atoms with van der Waals surface area (Å²) in [7, 11) is 0. The molecule has 1 unspecified atom stereocenters. The van der Waals surface area contributed by atoms with Crippen LogP contribution in [0.4, 0.5) is 5.69 Å². The first-order valence-corrected chi connectivity index (χ1v) is 11.0. The van der Waals surface area contributed by atoms with Crippen molar-refractivity contribution in [1.29, 1.82) is 5.26 Å². The lowest BCUT2D eigenvalue weighted by Gasteiger charge is -2.18. The molecule has 3 aromatic rings. The molecule has 0 heterocycles. The van der Waals surface area contributed by atoms with Gasteiger partial charge in [-0.2, -0.15) is 5.26 Å². The van der Waals surface area contributed by atoms with Crippen LogP contribution < -0.4 is 10.6 Å². The Balaban J connectivity index is 1.66. The summed E-state index contributed by atoms with van der Waals surface area (Å²) < 4.78 is 5.23. The molecule has 0 saturated heterocycles. The van der Waals surface area contributed by atoms with E-state index < -0.39 is 30.4 Å². The highest BCUT2D eigenvalue weighted by atomic mass is 32.2. The van der Waals surface area contributed by atoms with Crippen LogP contribution in [0.25, 0.3) is 0 Å². The van der Waals surface area contributed by atoms with E-state index in [2.05, 4.69) is 10.6 Å². The number of nitriles is 1. The van der Waals surface area contributed by atoms with Crippen LogP contribution in [0.2, 0.25) is 0 Å². The van der Waals surface area contributed by atoms with Crippen LogP contribution in [0.3, 0.4) is 0 Å². The molecule has 0 spiro atoms. The normalized spacial score (nSPS) is 11.0. The van der Waals surface area contributed by atoms with E-state index in [1.165, 1.54) is 11.8 Å². The molecule has 33 heavy (non-hydrogen) atoms. The first kappa shape index (κ1) is 23.6. The summed E-state index contributed by atoms with van der Waals surface area (Å²) in [6.45, 7) is -0.527. The molecule has 0 radical (unpaired) electrons. The predicted octanol–water partition coefficient (Wildman–Crippen LogP) is 3.96. The Hall–Kier alpha value is -4.09. The number of para-hydroxylation sites is 1. The molecule has 2 amide bonds. The minimum atomic E-state index is -1.08. The topological polar surface area (TPSA) is 108 Å². The Morgan fingerprint density at radius 3 is 2.24 bits per heavy atom. The van der Waals surface area contributed by atoms with Gasteiger partial charge in [-0.15, -0.1) is 11.8 Å². The summed E-state index contributed by atoms with van der Waals surface area (Å²) in [6.07, 6.45) is 0. The van der Waals surface area contributed by atoms with Crippen molar-refractivity contribution < 1.29 is 19.1 Å². The summed E-state index contributed by atoms with van der Waals surface area (Å²) >= 11 is 1.29. The van der Waals surface area contributed by atoms with Gasteiger partial charge in [0.05, 0.1) is 17.5 Å². The van der Waals surface area contributed by atoms with Crippen LogP contribution in [0.1, 0.15) is 22.0 Å². The van der Waals surface area contributed by atoms with Crippen molar-refractivity contribution in [2.45, 2.75) is 10.9 Å². The number of nitrogens with one attached hydrogen (secondary N) is 2. The summed E-state index contributed by atoms with van der Waals surface area (Å²) in [4.78, 5) is 38.6. The van der Waals surface area contributed by atoms with E-state index in [0.717, 1.165) is 4.90 Å². The van der Waals surface area contributed by atoms with Gasteiger partial charge in [-0.05, 0) is 29.8 Å².